The van der Waals surface area contributed by atoms with Crippen LogP contribution in [-0.2, 0) is 16.0 Å². The molecule has 1 aromatic rings. The Labute approximate surface area is 123 Å². The highest BCUT2D eigenvalue weighted by atomic mass is 16.5. The van der Waals surface area contributed by atoms with Gasteiger partial charge in [-0.1, -0.05) is 31.5 Å². The number of hydrogen-bond acceptors (Lipinski definition) is 3. The number of carboxylic acids is 1. The van der Waals surface area contributed by atoms with Gasteiger partial charge in [-0.25, -0.2) is 4.79 Å². The summed E-state index contributed by atoms with van der Waals surface area (Å²) >= 11 is 0. The summed E-state index contributed by atoms with van der Waals surface area (Å²) in [5.74, 6) is -1.65. The molecule has 2 unspecified atom stereocenters. The van der Waals surface area contributed by atoms with Crippen LogP contribution in [0.1, 0.15) is 18.9 Å². The molecule has 3 N–H and O–H groups in total. The molecule has 0 spiro atoms. The number of ether oxygens (including phenoxy) is 1. The third kappa shape index (κ3) is 3.95. The van der Waals surface area contributed by atoms with E-state index in [-0.39, 0.29) is 13.2 Å². The van der Waals surface area contributed by atoms with Gasteiger partial charge in [0.25, 0.3) is 0 Å². The number of carbonyl (C=O) groups is 2. The van der Waals surface area contributed by atoms with E-state index in [9.17, 15) is 9.59 Å². The van der Waals surface area contributed by atoms with Crippen LogP contribution in [0.4, 0.5) is 10.5 Å². The van der Waals surface area contributed by atoms with Gasteiger partial charge in [-0.05, 0) is 18.1 Å². The Hall–Kier alpha value is -2.08. The van der Waals surface area contributed by atoms with Crippen molar-refractivity contribution in [3.8, 4) is 0 Å². The maximum absolute atomic E-state index is 12.0. The van der Waals surface area contributed by atoms with Crippen molar-refractivity contribution in [2.75, 3.05) is 18.5 Å². The van der Waals surface area contributed by atoms with Crippen molar-refractivity contribution < 1.29 is 19.4 Å². The number of carboxylic acid groups (broad SMARTS) is 1. The van der Waals surface area contributed by atoms with Gasteiger partial charge in [-0.2, -0.15) is 0 Å². The third-order valence-corrected chi connectivity index (χ3v) is 3.50. The van der Waals surface area contributed by atoms with Crippen molar-refractivity contribution in [3.05, 3.63) is 29.8 Å². The lowest BCUT2D eigenvalue weighted by atomic mass is 10.0. The molecule has 6 heteroatoms. The van der Waals surface area contributed by atoms with Gasteiger partial charge in [0, 0.05) is 5.69 Å². The first-order valence-electron chi connectivity index (χ1n) is 7.07. The van der Waals surface area contributed by atoms with Crippen molar-refractivity contribution >= 4 is 17.7 Å². The Balaban J connectivity index is 1.97. The molecule has 0 aliphatic carbocycles. The standard InChI is InChI=1S/C15H20N2O4/c1-2-5-10-6-3-4-7-12(10)16-15(20)17-13-9-21-8-11(13)14(18)19/h3-4,6-7,11,13H,2,5,8-9H2,1H3,(H,18,19)(H2,16,17,20). The van der Waals surface area contributed by atoms with Gasteiger partial charge in [0.2, 0.25) is 0 Å². The predicted octanol–water partition coefficient (Wildman–Crippen LogP) is 1.86. The fraction of sp³-hybridized carbons (Fsp3) is 0.467. The Bertz CT molecular complexity index is 518. The summed E-state index contributed by atoms with van der Waals surface area (Å²) in [4.78, 5) is 23.1. The lowest BCUT2D eigenvalue weighted by Gasteiger charge is -2.17. The number of aliphatic carboxylic acids is 1. The Kier molecular flexibility index (Phi) is 5.16. The Morgan fingerprint density at radius 2 is 2.10 bits per heavy atom. The second kappa shape index (κ2) is 7.08. The quantitative estimate of drug-likeness (QED) is 0.773. The largest absolute Gasteiger partial charge is 0.481 e. The van der Waals surface area contributed by atoms with Crippen LogP contribution in [0.2, 0.25) is 0 Å². The number of nitrogens with one attached hydrogen (secondary N) is 2. The Morgan fingerprint density at radius 1 is 1.33 bits per heavy atom. The van der Waals surface area contributed by atoms with E-state index in [0.717, 1.165) is 24.1 Å². The fourth-order valence-electron chi connectivity index (χ4n) is 2.40. The number of hydrogen-bond donors (Lipinski definition) is 3. The fourth-order valence-corrected chi connectivity index (χ4v) is 2.40. The number of benzene rings is 1. The predicted molar refractivity (Wildman–Crippen MR) is 78.3 cm³/mol. The second-order valence-corrected chi connectivity index (χ2v) is 5.09. The average Bonchev–Trinajstić information content (AvgIpc) is 2.89. The second-order valence-electron chi connectivity index (χ2n) is 5.09. The molecule has 0 bridgehead atoms. The van der Waals surface area contributed by atoms with E-state index in [1.54, 1.807) is 0 Å². The molecule has 21 heavy (non-hydrogen) atoms. The third-order valence-electron chi connectivity index (χ3n) is 3.50. The summed E-state index contributed by atoms with van der Waals surface area (Å²) in [5, 5.41) is 14.5. The van der Waals surface area contributed by atoms with Crippen LogP contribution in [0.25, 0.3) is 0 Å². The van der Waals surface area contributed by atoms with Crippen LogP contribution in [0, 0.1) is 5.92 Å². The molecule has 1 heterocycles. The van der Waals surface area contributed by atoms with Crippen LogP contribution in [0.15, 0.2) is 24.3 Å². The van der Waals surface area contributed by atoms with Crippen LogP contribution >= 0.6 is 0 Å². The van der Waals surface area contributed by atoms with E-state index in [2.05, 4.69) is 17.6 Å². The van der Waals surface area contributed by atoms with Crippen molar-refractivity contribution in [1.29, 1.82) is 0 Å². The maximum atomic E-state index is 12.0. The van der Waals surface area contributed by atoms with Gasteiger partial charge in [0.1, 0.15) is 5.92 Å². The lowest BCUT2D eigenvalue weighted by Crippen LogP contribution is -2.44. The van der Waals surface area contributed by atoms with Crippen LogP contribution < -0.4 is 10.6 Å². The number of rotatable bonds is 5. The number of amides is 2. The number of urea groups is 1. The Morgan fingerprint density at radius 3 is 2.81 bits per heavy atom. The van der Waals surface area contributed by atoms with Crippen molar-refractivity contribution in [2.45, 2.75) is 25.8 Å². The molecule has 1 aliphatic rings. The maximum Gasteiger partial charge on any atom is 0.319 e. The van der Waals surface area contributed by atoms with E-state index in [0.29, 0.717) is 0 Å². The number of carbonyl (C=O) groups excluding carboxylic acids is 1. The molecule has 0 aromatic heterocycles. The zero-order valence-corrected chi connectivity index (χ0v) is 12.0. The molecule has 1 fully saturated rings. The van der Waals surface area contributed by atoms with Gasteiger partial charge in [0.15, 0.2) is 0 Å². The van der Waals surface area contributed by atoms with Gasteiger partial charge in [-0.3, -0.25) is 4.79 Å². The minimum Gasteiger partial charge on any atom is -0.481 e. The summed E-state index contributed by atoms with van der Waals surface area (Å²) in [7, 11) is 0. The summed E-state index contributed by atoms with van der Waals surface area (Å²) in [6.07, 6.45) is 1.86. The normalized spacial score (nSPS) is 21.0. The first-order valence-corrected chi connectivity index (χ1v) is 7.07. The van der Waals surface area contributed by atoms with E-state index < -0.39 is 24.0 Å². The highest BCUT2D eigenvalue weighted by Crippen LogP contribution is 2.18. The molecule has 2 atom stereocenters. The zero-order chi connectivity index (χ0) is 15.2. The molecule has 2 amide bonds. The average molecular weight is 292 g/mol. The van der Waals surface area contributed by atoms with E-state index in [1.165, 1.54) is 0 Å². The van der Waals surface area contributed by atoms with E-state index in [1.807, 2.05) is 24.3 Å². The van der Waals surface area contributed by atoms with Gasteiger partial charge in [0.05, 0.1) is 19.3 Å². The summed E-state index contributed by atoms with van der Waals surface area (Å²) < 4.78 is 5.12. The van der Waals surface area contributed by atoms with Crippen molar-refractivity contribution in [3.63, 3.8) is 0 Å². The monoisotopic (exact) mass is 292 g/mol. The zero-order valence-electron chi connectivity index (χ0n) is 12.0. The minimum absolute atomic E-state index is 0.132. The van der Waals surface area contributed by atoms with E-state index in [4.69, 9.17) is 9.84 Å². The lowest BCUT2D eigenvalue weighted by molar-refractivity contribution is -0.142. The molecular weight excluding hydrogens is 272 g/mol. The highest BCUT2D eigenvalue weighted by molar-refractivity contribution is 5.90. The van der Waals surface area contributed by atoms with Crippen LogP contribution in [-0.4, -0.2) is 36.4 Å². The van der Waals surface area contributed by atoms with Crippen molar-refractivity contribution in [1.82, 2.24) is 5.32 Å². The topological polar surface area (TPSA) is 87.7 Å². The van der Waals surface area contributed by atoms with Crippen LogP contribution in [0.3, 0.4) is 0 Å². The minimum atomic E-state index is -0.954. The number of anilines is 1. The highest BCUT2D eigenvalue weighted by Gasteiger charge is 2.35. The van der Waals surface area contributed by atoms with Gasteiger partial charge >= 0.3 is 12.0 Å². The molecule has 0 radical (unpaired) electrons. The van der Waals surface area contributed by atoms with E-state index >= 15 is 0 Å². The van der Waals surface area contributed by atoms with Crippen LogP contribution in [0.5, 0.6) is 0 Å². The molecule has 0 saturated carbocycles. The first kappa shape index (κ1) is 15.3. The van der Waals surface area contributed by atoms with Gasteiger partial charge < -0.3 is 20.5 Å². The van der Waals surface area contributed by atoms with Crippen molar-refractivity contribution in [2.24, 2.45) is 5.92 Å². The SMILES string of the molecule is CCCc1ccccc1NC(=O)NC1COCC1C(=O)O. The van der Waals surface area contributed by atoms with Gasteiger partial charge in [-0.15, -0.1) is 0 Å². The molecule has 1 aliphatic heterocycles. The first-order chi connectivity index (χ1) is 10.1. The number of para-hydroxylation sites is 1. The summed E-state index contributed by atoms with van der Waals surface area (Å²) in [6, 6.07) is 6.69. The molecule has 2 rings (SSSR count). The molecule has 1 saturated heterocycles. The number of aryl methyl sites for hydroxylation is 1. The summed E-state index contributed by atoms with van der Waals surface area (Å²) in [5.41, 5.74) is 1.82. The molecule has 1 aromatic carbocycles. The smallest absolute Gasteiger partial charge is 0.319 e. The molecule has 114 valence electrons. The molecule has 6 nitrogen and oxygen atoms in total. The summed E-state index contributed by atoms with van der Waals surface area (Å²) in [6.45, 7) is 2.43. The molecular formula is C15H20N2O4.